The molecule has 1 aromatic carbocycles. The average molecular weight is 270 g/mol. The van der Waals surface area contributed by atoms with Gasteiger partial charge in [0.1, 0.15) is 0 Å². The first-order valence-corrected chi connectivity index (χ1v) is 6.96. The molecule has 0 unspecified atom stereocenters. The van der Waals surface area contributed by atoms with Crippen LogP contribution in [-0.4, -0.2) is 22.5 Å². The van der Waals surface area contributed by atoms with E-state index in [-0.39, 0.29) is 11.9 Å². The number of aryl methyl sites for hydroxylation is 2. The zero-order valence-corrected chi connectivity index (χ0v) is 11.8. The minimum Gasteiger partial charge on any atom is -0.359 e. The predicted octanol–water partition coefficient (Wildman–Crippen LogP) is 3.27. The van der Waals surface area contributed by atoms with Crippen molar-refractivity contribution in [2.75, 3.05) is 6.54 Å². The van der Waals surface area contributed by atoms with Gasteiger partial charge in [0.15, 0.2) is 5.76 Å². The van der Waals surface area contributed by atoms with Crippen LogP contribution in [0.3, 0.4) is 0 Å². The Kier molecular flexibility index (Phi) is 3.30. The molecule has 1 aliphatic heterocycles. The van der Waals surface area contributed by atoms with Crippen molar-refractivity contribution in [2.24, 2.45) is 0 Å². The van der Waals surface area contributed by atoms with Gasteiger partial charge in [0.2, 0.25) is 0 Å². The summed E-state index contributed by atoms with van der Waals surface area (Å²) in [5.74, 6) is 0.863. The van der Waals surface area contributed by atoms with Gasteiger partial charge in [-0.15, -0.1) is 0 Å². The maximum atomic E-state index is 12.6. The highest BCUT2D eigenvalue weighted by molar-refractivity contribution is 5.94. The van der Waals surface area contributed by atoms with Crippen LogP contribution in [0.15, 0.2) is 34.9 Å². The Balaban J connectivity index is 1.85. The molecule has 104 valence electrons. The second-order valence-corrected chi connectivity index (χ2v) is 5.39. The van der Waals surface area contributed by atoms with E-state index in [1.165, 1.54) is 0 Å². The minimum atomic E-state index is 0.0185. The number of hydrogen-bond acceptors (Lipinski definition) is 3. The zero-order valence-electron chi connectivity index (χ0n) is 11.8. The Bertz CT molecular complexity index is 616. The van der Waals surface area contributed by atoms with Gasteiger partial charge in [-0.25, -0.2) is 0 Å². The second kappa shape index (κ2) is 5.12. The summed E-state index contributed by atoms with van der Waals surface area (Å²) in [4.78, 5) is 14.5. The summed E-state index contributed by atoms with van der Waals surface area (Å²) in [6, 6.07) is 9.65. The first-order chi connectivity index (χ1) is 9.65. The largest absolute Gasteiger partial charge is 0.359 e. The van der Waals surface area contributed by atoms with Crippen molar-refractivity contribution in [3.05, 3.63) is 52.9 Å². The molecule has 1 saturated heterocycles. The Morgan fingerprint density at radius 2 is 2.05 bits per heavy atom. The number of amides is 1. The Morgan fingerprint density at radius 3 is 2.70 bits per heavy atom. The highest BCUT2D eigenvalue weighted by Gasteiger charge is 2.33. The van der Waals surface area contributed by atoms with E-state index in [0.29, 0.717) is 0 Å². The summed E-state index contributed by atoms with van der Waals surface area (Å²) in [6.07, 6.45) is 1.94. The highest BCUT2D eigenvalue weighted by atomic mass is 16.5. The van der Waals surface area contributed by atoms with Crippen molar-refractivity contribution in [3.8, 4) is 0 Å². The van der Waals surface area contributed by atoms with Crippen molar-refractivity contribution < 1.29 is 9.32 Å². The molecule has 0 N–H and O–H groups in total. The molecule has 0 bridgehead atoms. The fraction of sp³-hybridized carbons (Fsp3) is 0.375. The molecule has 0 spiro atoms. The fourth-order valence-corrected chi connectivity index (χ4v) is 2.71. The fourth-order valence-electron chi connectivity index (χ4n) is 2.71. The average Bonchev–Trinajstić information content (AvgIpc) is 3.07. The quantitative estimate of drug-likeness (QED) is 0.841. The van der Waals surface area contributed by atoms with Gasteiger partial charge < -0.3 is 9.42 Å². The maximum Gasteiger partial charge on any atom is 0.254 e. The third kappa shape index (κ3) is 2.33. The van der Waals surface area contributed by atoms with Gasteiger partial charge in [0.25, 0.3) is 5.91 Å². The van der Waals surface area contributed by atoms with Crippen LogP contribution in [0.25, 0.3) is 0 Å². The minimum absolute atomic E-state index is 0.0185. The van der Waals surface area contributed by atoms with E-state index in [0.717, 1.165) is 42.0 Å². The molecule has 0 aliphatic carbocycles. The van der Waals surface area contributed by atoms with Gasteiger partial charge in [0.05, 0.1) is 11.7 Å². The van der Waals surface area contributed by atoms with E-state index >= 15 is 0 Å². The van der Waals surface area contributed by atoms with Crippen LogP contribution < -0.4 is 0 Å². The van der Waals surface area contributed by atoms with E-state index in [2.05, 4.69) is 5.16 Å². The Hall–Kier alpha value is -2.10. The van der Waals surface area contributed by atoms with Crippen LogP contribution in [0.4, 0.5) is 0 Å². The van der Waals surface area contributed by atoms with E-state index < -0.39 is 0 Å². The molecule has 2 aromatic rings. The van der Waals surface area contributed by atoms with E-state index in [1.807, 2.05) is 49.1 Å². The molecule has 1 amide bonds. The molecule has 3 rings (SSSR count). The summed E-state index contributed by atoms with van der Waals surface area (Å²) in [5.41, 5.74) is 2.75. The van der Waals surface area contributed by atoms with Gasteiger partial charge in [-0.2, -0.15) is 0 Å². The maximum absolute atomic E-state index is 12.6. The normalized spacial score (nSPS) is 18.5. The third-order valence-electron chi connectivity index (χ3n) is 3.79. The molecule has 0 radical (unpaired) electrons. The van der Waals surface area contributed by atoms with Crippen molar-refractivity contribution in [3.63, 3.8) is 0 Å². The number of likely N-dealkylation sites (tertiary alicyclic amines) is 1. The highest BCUT2D eigenvalue weighted by Crippen LogP contribution is 2.33. The number of carbonyl (C=O) groups is 1. The van der Waals surface area contributed by atoms with Gasteiger partial charge in [-0.3, -0.25) is 4.79 Å². The van der Waals surface area contributed by atoms with Gasteiger partial charge >= 0.3 is 0 Å². The molecular weight excluding hydrogens is 252 g/mol. The number of nitrogens with zero attached hydrogens (tertiary/aromatic N) is 2. The lowest BCUT2D eigenvalue weighted by Gasteiger charge is -2.22. The number of carbonyl (C=O) groups excluding carboxylic acids is 1. The molecule has 20 heavy (non-hydrogen) atoms. The standard InChI is InChI=1S/C16H18N2O2/c1-11-5-7-13(8-6-11)16(19)18-9-3-4-14(18)15-10-12(2)17-20-15/h5-8,10,14H,3-4,9H2,1-2H3/t14-/m0/s1. The summed E-state index contributed by atoms with van der Waals surface area (Å²) in [6.45, 7) is 4.69. The molecule has 4 heteroatoms. The molecule has 1 aliphatic rings. The predicted molar refractivity (Wildman–Crippen MR) is 75.4 cm³/mol. The van der Waals surface area contributed by atoms with Crippen molar-refractivity contribution in [1.29, 1.82) is 0 Å². The van der Waals surface area contributed by atoms with Crippen molar-refractivity contribution in [2.45, 2.75) is 32.7 Å². The van der Waals surface area contributed by atoms with Gasteiger partial charge in [-0.05, 0) is 38.8 Å². The number of hydrogen-bond donors (Lipinski definition) is 0. The summed E-state index contributed by atoms with van der Waals surface area (Å²) < 4.78 is 5.34. The lowest BCUT2D eigenvalue weighted by atomic mass is 10.1. The smallest absolute Gasteiger partial charge is 0.254 e. The molecule has 1 atom stereocenters. The van der Waals surface area contributed by atoms with Crippen LogP contribution in [0, 0.1) is 13.8 Å². The molecular formula is C16H18N2O2. The van der Waals surface area contributed by atoms with Crippen LogP contribution >= 0.6 is 0 Å². The molecule has 2 heterocycles. The lowest BCUT2D eigenvalue weighted by Crippen LogP contribution is -2.30. The summed E-state index contributed by atoms with van der Waals surface area (Å²) in [7, 11) is 0. The first-order valence-electron chi connectivity index (χ1n) is 6.96. The summed E-state index contributed by atoms with van der Waals surface area (Å²) in [5, 5.41) is 3.93. The van der Waals surface area contributed by atoms with E-state index in [9.17, 15) is 4.79 Å². The summed E-state index contributed by atoms with van der Waals surface area (Å²) >= 11 is 0. The SMILES string of the molecule is Cc1ccc(C(=O)N2CCC[C@H]2c2cc(C)no2)cc1. The van der Waals surface area contributed by atoms with E-state index in [1.54, 1.807) is 0 Å². The van der Waals surface area contributed by atoms with E-state index in [4.69, 9.17) is 4.52 Å². The zero-order chi connectivity index (χ0) is 14.1. The molecule has 1 fully saturated rings. The first kappa shape index (κ1) is 12.9. The van der Waals surface area contributed by atoms with Crippen LogP contribution in [0.2, 0.25) is 0 Å². The Labute approximate surface area is 118 Å². The van der Waals surface area contributed by atoms with Crippen LogP contribution in [0.5, 0.6) is 0 Å². The van der Waals surface area contributed by atoms with Gasteiger partial charge in [0, 0.05) is 18.2 Å². The molecule has 0 saturated carbocycles. The topological polar surface area (TPSA) is 46.3 Å². The van der Waals surface area contributed by atoms with Crippen LogP contribution in [0.1, 0.15) is 46.3 Å². The number of rotatable bonds is 2. The Morgan fingerprint density at radius 1 is 1.30 bits per heavy atom. The number of aromatic nitrogens is 1. The number of benzene rings is 1. The molecule has 1 aromatic heterocycles. The monoisotopic (exact) mass is 270 g/mol. The van der Waals surface area contributed by atoms with Crippen molar-refractivity contribution >= 4 is 5.91 Å². The lowest BCUT2D eigenvalue weighted by molar-refractivity contribution is 0.0714. The third-order valence-corrected chi connectivity index (χ3v) is 3.79. The van der Waals surface area contributed by atoms with Crippen LogP contribution in [-0.2, 0) is 0 Å². The van der Waals surface area contributed by atoms with Crippen molar-refractivity contribution in [1.82, 2.24) is 10.1 Å². The van der Waals surface area contributed by atoms with Gasteiger partial charge in [-0.1, -0.05) is 22.9 Å². The molecule has 4 nitrogen and oxygen atoms in total. The second-order valence-electron chi connectivity index (χ2n) is 5.39.